The third kappa shape index (κ3) is 4.11. The van der Waals surface area contributed by atoms with E-state index in [1.54, 1.807) is 0 Å². The third-order valence-electron chi connectivity index (χ3n) is 4.36. The van der Waals surface area contributed by atoms with Gasteiger partial charge in [-0.1, -0.05) is 36.4 Å². The summed E-state index contributed by atoms with van der Waals surface area (Å²) < 4.78 is 0. The van der Waals surface area contributed by atoms with Crippen molar-refractivity contribution in [3.8, 4) is 0 Å². The molecule has 3 rings (SSSR count). The first-order chi connectivity index (χ1) is 11.2. The van der Waals surface area contributed by atoms with Gasteiger partial charge >= 0.3 is 0 Å². The number of rotatable bonds is 5. The van der Waals surface area contributed by atoms with E-state index in [0.717, 1.165) is 18.5 Å². The van der Waals surface area contributed by atoms with Gasteiger partial charge in [-0.05, 0) is 48.9 Å². The highest BCUT2D eigenvalue weighted by Crippen LogP contribution is 2.35. The molecule has 0 saturated heterocycles. The van der Waals surface area contributed by atoms with Crippen LogP contribution in [0.2, 0.25) is 0 Å². The highest BCUT2D eigenvalue weighted by Gasteiger charge is 2.25. The van der Waals surface area contributed by atoms with Crippen LogP contribution in [0.1, 0.15) is 30.7 Å². The SMILES string of the molecule is O=C(CO)Nc1cccc(N[C@@H]2CC[C@H](c3ccccc3)C2)c1. The predicted octanol–water partition coefficient (Wildman–Crippen LogP) is 3.37. The smallest absolute Gasteiger partial charge is 0.250 e. The summed E-state index contributed by atoms with van der Waals surface area (Å²) in [5.41, 5.74) is 3.12. The summed E-state index contributed by atoms with van der Waals surface area (Å²) >= 11 is 0. The van der Waals surface area contributed by atoms with Crippen LogP contribution in [0.3, 0.4) is 0 Å². The molecule has 0 aliphatic heterocycles. The molecule has 1 saturated carbocycles. The maximum absolute atomic E-state index is 11.3. The number of aliphatic hydroxyl groups is 1. The molecule has 0 radical (unpaired) electrons. The van der Waals surface area contributed by atoms with Gasteiger partial charge < -0.3 is 15.7 Å². The number of carbonyl (C=O) groups excluding carboxylic acids is 1. The van der Waals surface area contributed by atoms with Crippen LogP contribution in [0.5, 0.6) is 0 Å². The number of benzene rings is 2. The Morgan fingerprint density at radius 2 is 1.83 bits per heavy atom. The number of hydrogen-bond donors (Lipinski definition) is 3. The Labute approximate surface area is 136 Å². The van der Waals surface area contributed by atoms with Gasteiger partial charge in [0.1, 0.15) is 6.61 Å². The predicted molar refractivity (Wildman–Crippen MR) is 92.6 cm³/mol. The zero-order chi connectivity index (χ0) is 16.1. The van der Waals surface area contributed by atoms with Gasteiger partial charge in [0.05, 0.1) is 0 Å². The summed E-state index contributed by atoms with van der Waals surface area (Å²) in [6.07, 6.45) is 3.46. The number of hydrogen-bond acceptors (Lipinski definition) is 3. The van der Waals surface area contributed by atoms with Crippen LogP contribution in [-0.2, 0) is 4.79 Å². The molecule has 120 valence electrons. The molecule has 3 N–H and O–H groups in total. The number of nitrogens with one attached hydrogen (secondary N) is 2. The largest absolute Gasteiger partial charge is 0.387 e. The zero-order valence-corrected chi connectivity index (χ0v) is 13.0. The topological polar surface area (TPSA) is 61.4 Å². The standard InChI is InChI=1S/C19H22N2O2/c22-13-19(23)21-17-8-4-7-16(12-17)20-18-10-9-15(11-18)14-5-2-1-3-6-14/h1-8,12,15,18,20,22H,9-11,13H2,(H,21,23)/t15-,18+/m0/s1. The van der Waals surface area contributed by atoms with E-state index in [4.69, 9.17) is 5.11 Å². The molecule has 2 aromatic rings. The quantitative estimate of drug-likeness (QED) is 0.793. The van der Waals surface area contributed by atoms with Gasteiger partial charge in [-0.2, -0.15) is 0 Å². The van der Waals surface area contributed by atoms with Crippen LogP contribution < -0.4 is 10.6 Å². The average molecular weight is 310 g/mol. The molecule has 0 aromatic heterocycles. The van der Waals surface area contributed by atoms with Crippen molar-refractivity contribution in [1.29, 1.82) is 0 Å². The summed E-state index contributed by atoms with van der Waals surface area (Å²) in [4.78, 5) is 11.3. The molecular formula is C19H22N2O2. The monoisotopic (exact) mass is 310 g/mol. The van der Waals surface area contributed by atoms with E-state index < -0.39 is 12.5 Å². The lowest BCUT2D eigenvalue weighted by atomic mass is 9.98. The van der Waals surface area contributed by atoms with Gasteiger partial charge in [-0.15, -0.1) is 0 Å². The maximum Gasteiger partial charge on any atom is 0.250 e. The van der Waals surface area contributed by atoms with Crippen LogP contribution in [-0.4, -0.2) is 23.7 Å². The van der Waals surface area contributed by atoms with Crippen molar-refractivity contribution < 1.29 is 9.90 Å². The molecule has 1 fully saturated rings. The molecule has 1 amide bonds. The third-order valence-corrected chi connectivity index (χ3v) is 4.36. The van der Waals surface area contributed by atoms with E-state index in [-0.39, 0.29) is 0 Å². The molecule has 2 atom stereocenters. The van der Waals surface area contributed by atoms with Crippen LogP contribution in [0.25, 0.3) is 0 Å². The van der Waals surface area contributed by atoms with E-state index in [9.17, 15) is 4.79 Å². The normalized spacial score (nSPS) is 20.2. The van der Waals surface area contributed by atoms with Crippen molar-refractivity contribution in [2.24, 2.45) is 0 Å². The van der Waals surface area contributed by atoms with Crippen LogP contribution >= 0.6 is 0 Å². The Balaban J connectivity index is 1.60. The number of carbonyl (C=O) groups is 1. The van der Waals surface area contributed by atoms with Crippen molar-refractivity contribution in [3.63, 3.8) is 0 Å². The fraction of sp³-hybridized carbons (Fsp3) is 0.316. The number of anilines is 2. The fourth-order valence-corrected chi connectivity index (χ4v) is 3.26. The summed E-state index contributed by atoms with van der Waals surface area (Å²) in [5.74, 6) is 0.220. The van der Waals surface area contributed by atoms with E-state index in [0.29, 0.717) is 17.6 Å². The van der Waals surface area contributed by atoms with Gasteiger partial charge in [0, 0.05) is 17.4 Å². The van der Waals surface area contributed by atoms with Crippen molar-refractivity contribution in [3.05, 3.63) is 60.2 Å². The van der Waals surface area contributed by atoms with E-state index in [2.05, 4.69) is 41.0 Å². The first kappa shape index (κ1) is 15.6. The molecule has 23 heavy (non-hydrogen) atoms. The summed E-state index contributed by atoms with van der Waals surface area (Å²) in [6.45, 7) is -0.501. The lowest BCUT2D eigenvalue weighted by molar-refractivity contribution is -0.118. The lowest BCUT2D eigenvalue weighted by Crippen LogP contribution is -2.17. The molecule has 4 nitrogen and oxygen atoms in total. The molecule has 2 aromatic carbocycles. The average Bonchev–Trinajstić information content (AvgIpc) is 3.04. The van der Waals surface area contributed by atoms with Crippen molar-refractivity contribution in [1.82, 2.24) is 0 Å². The van der Waals surface area contributed by atoms with Gasteiger partial charge in [-0.25, -0.2) is 0 Å². The fourth-order valence-electron chi connectivity index (χ4n) is 3.26. The minimum atomic E-state index is -0.501. The first-order valence-electron chi connectivity index (χ1n) is 8.07. The van der Waals surface area contributed by atoms with Crippen LogP contribution in [0.4, 0.5) is 11.4 Å². The Hall–Kier alpha value is -2.33. The maximum atomic E-state index is 11.3. The summed E-state index contributed by atoms with van der Waals surface area (Å²) in [5, 5.41) is 15.0. The second-order valence-electron chi connectivity index (χ2n) is 6.05. The highest BCUT2D eigenvalue weighted by atomic mass is 16.3. The highest BCUT2D eigenvalue weighted by molar-refractivity contribution is 5.91. The number of aliphatic hydroxyl groups excluding tert-OH is 1. The minimum Gasteiger partial charge on any atom is -0.387 e. The zero-order valence-electron chi connectivity index (χ0n) is 13.0. The molecule has 0 unspecified atom stereocenters. The molecule has 4 heteroatoms. The van der Waals surface area contributed by atoms with Gasteiger partial charge in [0.25, 0.3) is 0 Å². The van der Waals surface area contributed by atoms with E-state index >= 15 is 0 Å². The molecular weight excluding hydrogens is 288 g/mol. The lowest BCUT2D eigenvalue weighted by Gasteiger charge is -2.16. The summed E-state index contributed by atoms with van der Waals surface area (Å²) in [6, 6.07) is 18.8. The van der Waals surface area contributed by atoms with Crippen molar-refractivity contribution >= 4 is 17.3 Å². The van der Waals surface area contributed by atoms with E-state index in [1.807, 2.05) is 24.3 Å². The molecule has 1 aliphatic rings. The van der Waals surface area contributed by atoms with Gasteiger partial charge in [0.2, 0.25) is 5.91 Å². The molecule has 0 heterocycles. The van der Waals surface area contributed by atoms with Gasteiger partial charge in [-0.3, -0.25) is 4.79 Å². The minimum absolute atomic E-state index is 0.396. The molecule has 1 aliphatic carbocycles. The van der Waals surface area contributed by atoms with Crippen molar-refractivity contribution in [2.45, 2.75) is 31.2 Å². The van der Waals surface area contributed by atoms with E-state index in [1.165, 1.54) is 12.0 Å². The summed E-state index contributed by atoms with van der Waals surface area (Å²) in [7, 11) is 0. The Kier molecular flexibility index (Phi) is 4.93. The first-order valence-corrected chi connectivity index (χ1v) is 8.07. The van der Waals surface area contributed by atoms with Crippen molar-refractivity contribution in [2.75, 3.05) is 17.2 Å². The molecule has 0 bridgehead atoms. The second kappa shape index (κ2) is 7.29. The second-order valence-corrected chi connectivity index (χ2v) is 6.05. The number of amides is 1. The Morgan fingerprint density at radius 1 is 1.04 bits per heavy atom. The Morgan fingerprint density at radius 3 is 2.61 bits per heavy atom. The van der Waals surface area contributed by atoms with Gasteiger partial charge in [0.15, 0.2) is 0 Å². The van der Waals surface area contributed by atoms with Crippen LogP contribution in [0.15, 0.2) is 54.6 Å². The van der Waals surface area contributed by atoms with Crippen LogP contribution in [0, 0.1) is 0 Å². The Bertz CT molecular complexity index is 657. The molecule has 0 spiro atoms.